The van der Waals surface area contributed by atoms with E-state index in [0.717, 1.165) is 5.56 Å². The van der Waals surface area contributed by atoms with Gasteiger partial charge in [-0.15, -0.1) is 0 Å². The standard InChI is InChI=1S/C25H22FN3O6/c1-33-18-8-5-16(21(11-18)34-2)14-29-10-9-19-20(24(29)31)13-27-23(22(19)30)35-25(32)28-12-15-3-6-17(26)7-4-15/h3-11,13,30H,12,14H2,1-2H3,(H,28,32). The number of hydrogen-bond donors (Lipinski definition) is 2. The second-order valence-corrected chi connectivity index (χ2v) is 7.54. The zero-order chi connectivity index (χ0) is 24.9. The van der Waals surface area contributed by atoms with E-state index in [0.29, 0.717) is 17.1 Å². The Kier molecular flexibility index (Phi) is 6.81. The fourth-order valence-electron chi connectivity index (χ4n) is 3.49. The molecule has 1 amide bonds. The number of nitrogens with zero attached hydrogens (tertiary/aromatic N) is 2. The van der Waals surface area contributed by atoms with Gasteiger partial charge in [-0.1, -0.05) is 12.1 Å². The van der Waals surface area contributed by atoms with Crippen molar-refractivity contribution in [2.75, 3.05) is 14.2 Å². The molecule has 0 saturated carbocycles. The number of rotatable bonds is 7. The van der Waals surface area contributed by atoms with Crippen LogP contribution in [0.4, 0.5) is 9.18 Å². The Morgan fingerprint density at radius 3 is 2.57 bits per heavy atom. The molecule has 180 valence electrons. The average Bonchev–Trinajstić information content (AvgIpc) is 2.87. The summed E-state index contributed by atoms with van der Waals surface area (Å²) < 4.78 is 30.1. The Hall–Kier alpha value is -4.60. The van der Waals surface area contributed by atoms with Gasteiger partial charge in [0.1, 0.15) is 17.3 Å². The Morgan fingerprint density at radius 1 is 1.09 bits per heavy atom. The Morgan fingerprint density at radius 2 is 1.86 bits per heavy atom. The zero-order valence-electron chi connectivity index (χ0n) is 18.9. The van der Waals surface area contributed by atoms with E-state index in [4.69, 9.17) is 14.2 Å². The van der Waals surface area contributed by atoms with E-state index in [1.807, 2.05) is 0 Å². The first-order valence-electron chi connectivity index (χ1n) is 10.5. The van der Waals surface area contributed by atoms with Crippen LogP contribution in [0.1, 0.15) is 11.1 Å². The van der Waals surface area contributed by atoms with Crippen LogP contribution in [-0.4, -0.2) is 35.0 Å². The summed E-state index contributed by atoms with van der Waals surface area (Å²) in [5, 5.41) is 13.4. The fraction of sp³-hybridized carbons (Fsp3) is 0.160. The molecule has 0 saturated heterocycles. The third-order valence-electron chi connectivity index (χ3n) is 5.35. The third kappa shape index (κ3) is 5.16. The molecular weight excluding hydrogens is 457 g/mol. The lowest BCUT2D eigenvalue weighted by Crippen LogP contribution is -2.26. The molecule has 2 aromatic heterocycles. The van der Waals surface area contributed by atoms with Gasteiger partial charge in [-0.2, -0.15) is 0 Å². The summed E-state index contributed by atoms with van der Waals surface area (Å²) in [5.41, 5.74) is 1.02. The number of carbonyl (C=O) groups excluding carboxylic acids is 1. The molecule has 0 aliphatic heterocycles. The van der Waals surface area contributed by atoms with E-state index < -0.39 is 17.4 Å². The van der Waals surface area contributed by atoms with E-state index >= 15 is 0 Å². The Balaban J connectivity index is 1.53. The summed E-state index contributed by atoms with van der Waals surface area (Å²) in [6.07, 6.45) is 1.89. The highest BCUT2D eigenvalue weighted by molar-refractivity contribution is 5.89. The van der Waals surface area contributed by atoms with E-state index in [1.165, 1.54) is 54.4 Å². The average molecular weight is 479 g/mol. The van der Waals surface area contributed by atoms with Gasteiger partial charge in [0.05, 0.1) is 26.2 Å². The number of pyridine rings is 2. The topological polar surface area (TPSA) is 112 Å². The largest absolute Gasteiger partial charge is 0.503 e. The first-order chi connectivity index (χ1) is 16.9. The minimum atomic E-state index is -0.864. The number of benzene rings is 2. The summed E-state index contributed by atoms with van der Waals surface area (Å²) in [6.45, 7) is 0.305. The molecular formula is C25H22FN3O6. The van der Waals surface area contributed by atoms with Crippen LogP contribution in [0.2, 0.25) is 0 Å². The molecule has 0 radical (unpaired) electrons. The summed E-state index contributed by atoms with van der Waals surface area (Å²) in [7, 11) is 3.08. The molecule has 35 heavy (non-hydrogen) atoms. The maximum Gasteiger partial charge on any atom is 0.414 e. The number of amides is 1. The number of methoxy groups -OCH3 is 2. The number of aromatic hydroxyl groups is 1. The van der Waals surface area contributed by atoms with E-state index in [9.17, 15) is 19.1 Å². The molecule has 0 unspecified atom stereocenters. The number of ether oxygens (including phenoxy) is 3. The molecule has 10 heteroatoms. The maximum atomic E-state index is 13.0. The molecule has 4 rings (SSSR count). The van der Waals surface area contributed by atoms with Crippen molar-refractivity contribution in [3.8, 4) is 23.1 Å². The van der Waals surface area contributed by atoms with Crippen LogP contribution >= 0.6 is 0 Å². The number of carbonyl (C=O) groups is 1. The summed E-state index contributed by atoms with van der Waals surface area (Å²) in [5.74, 6) is 0.0186. The molecule has 0 bridgehead atoms. The lowest BCUT2D eigenvalue weighted by atomic mass is 10.1. The number of fused-ring (bicyclic) bond motifs is 1. The highest BCUT2D eigenvalue weighted by Crippen LogP contribution is 2.31. The highest BCUT2D eigenvalue weighted by Gasteiger charge is 2.16. The van der Waals surface area contributed by atoms with Gasteiger partial charge in [-0.05, 0) is 35.9 Å². The lowest BCUT2D eigenvalue weighted by molar-refractivity contribution is 0.196. The van der Waals surface area contributed by atoms with Crippen molar-refractivity contribution < 1.29 is 28.5 Å². The number of aromatic nitrogens is 2. The second kappa shape index (κ2) is 10.1. The van der Waals surface area contributed by atoms with E-state index in [-0.39, 0.29) is 35.6 Å². The predicted octanol–water partition coefficient (Wildman–Crippen LogP) is 3.60. The van der Waals surface area contributed by atoms with Gasteiger partial charge in [0, 0.05) is 36.0 Å². The maximum absolute atomic E-state index is 13.0. The first-order valence-corrected chi connectivity index (χ1v) is 10.5. The lowest BCUT2D eigenvalue weighted by Gasteiger charge is -2.13. The molecule has 9 nitrogen and oxygen atoms in total. The Bertz CT molecular complexity index is 1440. The van der Waals surface area contributed by atoms with Crippen molar-refractivity contribution in [2.45, 2.75) is 13.1 Å². The van der Waals surface area contributed by atoms with Crippen molar-refractivity contribution >= 4 is 16.9 Å². The molecule has 0 aliphatic carbocycles. The fourth-order valence-corrected chi connectivity index (χ4v) is 3.49. The number of hydrogen-bond acceptors (Lipinski definition) is 7. The van der Waals surface area contributed by atoms with E-state index in [1.54, 1.807) is 25.3 Å². The normalized spacial score (nSPS) is 10.7. The summed E-state index contributed by atoms with van der Waals surface area (Å²) >= 11 is 0. The minimum absolute atomic E-state index is 0.0903. The predicted molar refractivity (Wildman–Crippen MR) is 126 cm³/mol. The van der Waals surface area contributed by atoms with Crippen LogP contribution in [0.15, 0.2) is 65.7 Å². The van der Waals surface area contributed by atoms with Crippen LogP contribution in [0.5, 0.6) is 23.1 Å². The molecule has 2 heterocycles. The quantitative estimate of drug-likeness (QED) is 0.417. The molecule has 0 fully saturated rings. The van der Waals surface area contributed by atoms with Gasteiger partial charge in [-0.3, -0.25) is 4.79 Å². The van der Waals surface area contributed by atoms with Crippen LogP contribution in [-0.2, 0) is 13.1 Å². The smallest absolute Gasteiger partial charge is 0.414 e. The molecule has 2 N–H and O–H groups in total. The highest BCUT2D eigenvalue weighted by atomic mass is 19.1. The van der Waals surface area contributed by atoms with Gasteiger partial charge in [0.25, 0.3) is 11.4 Å². The molecule has 4 aromatic rings. The third-order valence-corrected chi connectivity index (χ3v) is 5.35. The van der Waals surface area contributed by atoms with Crippen LogP contribution in [0, 0.1) is 5.82 Å². The van der Waals surface area contributed by atoms with Gasteiger partial charge in [-0.25, -0.2) is 14.2 Å². The van der Waals surface area contributed by atoms with Crippen molar-refractivity contribution in [1.82, 2.24) is 14.9 Å². The van der Waals surface area contributed by atoms with Crippen LogP contribution < -0.4 is 25.1 Å². The van der Waals surface area contributed by atoms with Crippen molar-refractivity contribution in [1.29, 1.82) is 0 Å². The summed E-state index contributed by atoms with van der Waals surface area (Å²) in [4.78, 5) is 29.1. The molecule has 0 spiro atoms. The molecule has 0 aliphatic rings. The minimum Gasteiger partial charge on any atom is -0.503 e. The number of halogens is 1. The van der Waals surface area contributed by atoms with Gasteiger partial charge in [0.15, 0.2) is 5.75 Å². The van der Waals surface area contributed by atoms with Crippen molar-refractivity contribution in [3.63, 3.8) is 0 Å². The van der Waals surface area contributed by atoms with Gasteiger partial charge >= 0.3 is 6.09 Å². The van der Waals surface area contributed by atoms with Gasteiger partial charge in [0.2, 0.25) is 0 Å². The van der Waals surface area contributed by atoms with Crippen LogP contribution in [0.3, 0.4) is 0 Å². The number of nitrogens with one attached hydrogen (secondary N) is 1. The zero-order valence-corrected chi connectivity index (χ0v) is 18.9. The van der Waals surface area contributed by atoms with Crippen molar-refractivity contribution in [3.05, 3.63) is 88.2 Å². The van der Waals surface area contributed by atoms with Gasteiger partial charge < -0.3 is 29.2 Å². The molecule has 2 aromatic carbocycles. The Labute approximate surface area is 199 Å². The molecule has 0 atom stereocenters. The second-order valence-electron chi connectivity index (χ2n) is 7.54. The van der Waals surface area contributed by atoms with Crippen LogP contribution in [0.25, 0.3) is 10.8 Å². The monoisotopic (exact) mass is 479 g/mol. The first kappa shape index (κ1) is 23.6. The van der Waals surface area contributed by atoms with E-state index in [2.05, 4.69) is 10.3 Å². The SMILES string of the molecule is COc1ccc(Cn2ccc3c(O)c(OC(=O)NCc4ccc(F)cc4)ncc3c2=O)c(OC)c1. The van der Waals surface area contributed by atoms with Crippen molar-refractivity contribution in [2.24, 2.45) is 0 Å². The summed E-state index contributed by atoms with van der Waals surface area (Å²) in [6, 6.07) is 12.4.